The Morgan fingerprint density at radius 1 is 1.64 bits per heavy atom. The number of thiazole rings is 1. The van der Waals surface area contributed by atoms with Crippen LogP contribution in [0, 0.1) is 0 Å². The van der Waals surface area contributed by atoms with Crippen molar-refractivity contribution in [1.29, 1.82) is 0 Å². The second-order valence-corrected chi connectivity index (χ2v) is 5.19. The monoisotopic (exact) mass is 236 g/mol. The van der Waals surface area contributed by atoms with Crippen LogP contribution in [0.3, 0.4) is 0 Å². The molecule has 0 saturated heterocycles. The molecule has 78 valence electrons. The molecule has 0 aliphatic heterocycles. The summed E-state index contributed by atoms with van der Waals surface area (Å²) in [5.74, 6) is -2.30. The molecule has 1 rings (SSSR count). The highest BCUT2D eigenvalue weighted by Gasteiger charge is 2.15. The van der Waals surface area contributed by atoms with E-state index in [-0.39, 0.29) is 6.54 Å². The van der Waals surface area contributed by atoms with Gasteiger partial charge in [-0.15, -0.1) is 11.3 Å². The van der Waals surface area contributed by atoms with Crippen molar-refractivity contribution in [3.8, 4) is 0 Å². The minimum absolute atomic E-state index is 0.0350. The summed E-state index contributed by atoms with van der Waals surface area (Å²) < 4.78 is 24.2. The number of hydrogen-bond acceptors (Lipinski definition) is 5. The van der Waals surface area contributed by atoms with Crippen LogP contribution >= 0.6 is 11.3 Å². The molecule has 14 heavy (non-hydrogen) atoms. The first-order valence-electron chi connectivity index (χ1n) is 3.57. The van der Waals surface area contributed by atoms with E-state index in [0.29, 0.717) is 5.01 Å². The van der Waals surface area contributed by atoms with E-state index in [1.54, 1.807) is 11.6 Å². The smallest absolute Gasteiger partial charge is 0.320 e. The quantitative estimate of drug-likeness (QED) is 0.728. The molecule has 0 aliphatic rings. The Hall–Kier alpha value is -0.990. The predicted octanol–water partition coefficient (Wildman–Crippen LogP) is -0.353. The molecule has 0 bridgehead atoms. The standard InChI is InChI=1S/C6H8N2O4S2/c9-6(10)4-14(11,12)8-3-5-7-1-2-13-5/h1-2,8H,3-4H2,(H,9,10). The van der Waals surface area contributed by atoms with E-state index in [1.807, 2.05) is 0 Å². The van der Waals surface area contributed by atoms with Crippen molar-refractivity contribution in [3.05, 3.63) is 16.6 Å². The van der Waals surface area contributed by atoms with Crippen LogP contribution < -0.4 is 4.72 Å². The summed E-state index contributed by atoms with van der Waals surface area (Å²) in [5.41, 5.74) is 0. The highest BCUT2D eigenvalue weighted by atomic mass is 32.2. The molecule has 1 aromatic heterocycles. The Labute approximate surface area is 84.7 Å². The number of aliphatic carboxylic acids is 1. The molecule has 0 radical (unpaired) electrons. The van der Waals surface area contributed by atoms with Crippen LogP contribution in [0.4, 0.5) is 0 Å². The lowest BCUT2D eigenvalue weighted by atomic mass is 10.7. The summed E-state index contributed by atoms with van der Waals surface area (Å²) in [4.78, 5) is 14.0. The van der Waals surface area contributed by atoms with E-state index in [0.717, 1.165) is 0 Å². The zero-order chi connectivity index (χ0) is 10.6. The lowest BCUT2D eigenvalue weighted by Crippen LogP contribution is -2.29. The molecule has 0 fully saturated rings. The van der Waals surface area contributed by atoms with Crippen LogP contribution in [-0.2, 0) is 21.4 Å². The van der Waals surface area contributed by atoms with Gasteiger partial charge in [0.15, 0.2) is 5.75 Å². The summed E-state index contributed by atoms with van der Waals surface area (Å²) in [5, 5.41) is 10.6. The molecule has 0 atom stereocenters. The molecular formula is C6H8N2O4S2. The molecular weight excluding hydrogens is 228 g/mol. The van der Waals surface area contributed by atoms with Gasteiger partial charge >= 0.3 is 5.97 Å². The third kappa shape index (κ3) is 3.81. The molecule has 0 aliphatic carbocycles. The number of aromatic nitrogens is 1. The first-order chi connectivity index (χ1) is 6.49. The van der Waals surface area contributed by atoms with Gasteiger partial charge in [-0.25, -0.2) is 18.1 Å². The zero-order valence-corrected chi connectivity index (χ0v) is 8.64. The molecule has 0 amide bonds. The SMILES string of the molecule is O=C(O)CS(=O)(=O)NCc1nccs1. The first-order valence-corrected chi connectivity index (χ1v) is 6.10. The van der Waals surface area contributed by atoms with Gasteiger partial charge in [-0.2, -0.15) is 0 Å². The Morgan fingerprint density at radius 3 is 2.86 bits per heavy atom. The maximum Gasteiger partial charge on any atom is 0.320 e. The third-order valence-electron chi connectivity index (χ3n) is 1.24. The summed E-state index contributed by atoms with van der Waals surface area (Å²) >= 11 is 1.30. The third-order valence-corrected chi connectivity index (χ3v) is 3.23. The van der Waals surface area contributed by atoms with Gasteiger partial charge in [0.2, 0.25) is 10.0 Å². The number of nitrogens with zero attached hydrogens (tertiary/aromatic N) is 1. The number of nitrogens with one attached hydrogen (secondary N) is 1. The lowest BCUT2D eigenvalue weighted by molar-refractivity contribution is -0.134. The summed E-state index contributed by atoms with van der Waals surface area (Å²) in [6.45, 7) is 0.0350. The van der Waals surface area contributed by atoms with Crippen molar-refractivity contribution in [2.45, 2.75) is 6.54 Å². The number of carbonyl (C=O) groups is 1. The minimum atomic E-state index is -3.74. The van der Waals surface area contributed by atoms with Gasteiger partial charge in [0.1, 0.15) is 5.01 Å². The Balaban J connectivity index is 2.49. The maximum atomic E-state index is 11.0. The summed E-state index contributed by atoms with van der Waals surface area (Å²) in [7, 11) is -3.74. The van der Waals surface area contributed by atoms with Gasteiger partial charge in [0, 0.05) is 11.6 Å². The van der Waals surface area contributed by atoms with Gasteiger partial charge in [0.05, 0.1) is 6.54 Å². The molecule has 2 N–H and O–H groups in total. The van der Waals surface area contributed by atoms with Crippen LogP contribution in [0.15, 0.2) is 11.6 Å². The first kappa shape index (κ1) is 11.1. The van der Waals surface area contributed by atoms with Gasteiger partial charge < -0.3 is 5.11 Å². The summed E-state index contributed by atoms with van der Waals surface area (Å²) in [6, 6.07) is 0. The fourth-order valence-corrected chi connectivity index (χ4v) is 2.16. The molecule has 8 heteroatoms. The number of hydrogen-bond donors (Lipinski definition) is 2. The molecule has 6 nitrogen and oxygen atoms in total. The van der Waals surface area contributed by atoms with E-state index in [4.69, 9.17) is 5.11 Å². The fourth-order valence-electron chi connectivity index (χ4n) is 0.726. The van der Waals surface area contributed by atoms with Gasteiger partial charge in [0.25, 0.3) is 0 Å². The average Bonchev–Trinajstić information content (AvgIpc) is 2.50. The van der Waals surface area contributed by atoms with Crippen LogP contribution in [0.25, 0.3) is 0 Å². The molecule has 0 aromatic carbocycles. The second-order valence-electron chi connectivity index (χ2n) is 2.40. The van der Waals surface area contributed by atoms with Crippen LogP contribution in [0.1, 0.15) is 5.01 Å². The zero-order valence-electron chi connectivity index (χ0n) is 7.00. The van der Waals surface area contributed by atoms with Gasteiger partial charge in [-0.05, 0) is 0 Å². The van der Waals surface area contributed by atoms with Gasteiger partial charge in [-0.3, -0.25) is 4.79 Å². The van der Waals surface area contributed by atoms with Crippen LogP contribution in [0.2, 0.25) is 0 Å². The predicted molar refractivity (Wildman–Crippen MR) is 50.4 cm³/mol. The van der Waals surface area contributed by atoms with Crippen LogP contribution in [-0.4, -0.2) is 30.2 Å². The highest BCUT2D eigenvalue weighted by Crippen LogP contribution is 2.03. The molecule has 0 spiro atoms. The van der Waals surface area contributed by atoms with E-state index >= 15 is 0 Å². The average molecular weight is 236 g/mol. The largest absolute Gasteiger partial charge is 0.480 e. The lowest BCUT2D eigenvalue weighted by Gasteiger charge is -2.01. The van der Waals surface area contributed by atoms with Crippen molar-refractivity contribution in [2.75, 3.05) is 5.75 Å². The van der Waals surface area contributed by atoms with Crippen molar-refractivity contribution in [3.63, 3.8) is 0 Å². The number of carboxylic acids is 1. The van der Waals surface area contributed by atoms with E-state index in [1.165, 1.54) is 11.3 Å². The van der Waals surface area contributed by atoms with Gasteiger partial charge in [-0.1, -0.05) is 0 Å². The number of sulfonamides is 1. The maximum absolute atomic E-state index is 11.0. The Morgan fingerprint density at radius 2 is 2.36 bits per heavy atom. The molecule has 0 saturated carbocycles. The van der Waals surface area contributed by atoms with Crippen LogP contribution in [0.5, 0.6) is 0 Å². The van der Waals surface area contributed by atoms with Crippen molar-refractivity contribution in [1.82, 2.24) is 9.71 Å². The highest BCUT2D eigenvalue weighted by molar-refractivity contribution is 7.90. The van der Waals surface area contributed by atoms with E-state index in [2.05, 4.69) is 9.71 Å². The Bertz CT molecular complexity index is 397. The van der Waals surface area contributed by atoms with Crippen molar-refractivity contribution >= 4 is 27.3 Å². The number of rotatable bonds is 5. The molecule has 0 unspecified atom stereocenters. The Kier molecular flexibility index (Phi) is 3.55. The topological polar surface area (TPSA) is 96.4 Å². The van der Waals surface area contributed by atoms with E-state index < -0.39 is 21.7 Å². The normalized spacial score (nSPS) is 11.4. The second kappa shape index (κ2) is 4.49. The summed E-state index contributed by atoms with van der Waals surface area (Å²) in [6.07, 6.45) is 1.55. The van der Waals surface area contributed by atoms with Crippen molar-refractivity contribution < 1.29 is 18.3 Å². The molecule has 1 aromatic rings. The van der Waals surface area contributed by atoms with Crippen molar-refractivity contribution in [2.24, 2.45) is 0 Å². The molecule has 1 heterocycles. The fraction of sp³-hybridized carbons (Fsp3) is 0.333. The minimum Gasteiger partial charge on any atom is -0.480 e. The van der Waals surface area contributed by atoms with E-state index in [9.17, 15) is 13.2 Å². The number of carboxylic acid groups (broad SMARTS) is 1.